The Kier molecular flexibility index (Phi) is 5.34. The summed E-state index contributed by atoms with van der Waals surface area (Å²) in [5, 5.41) is 0.421. The predicted octanol–water partition coefficient (Wildman–Crippen LogP) is 3.72. The first kappa shape index (κ1) is 16.1. The first-order valence-electron chi connectivity index (χ1n) is 8.11. The molecule has 4 heteroatoms. The van der Waals surface area contributed by atoms with Crippen molar-refractivity contribution in [2.45, 2.75) is 31.1 Å². The normalized spacial score (nSPS) is 21.2. The van der Waals surface area contributed by atoms with Crippen LogP contribution in [0.25, 0.3) is 0 Å². The zero-order valence-electron chi connectivity index (χ0n) is 13.4. The van der Waals surface area contributed by atoms with E-state index in [-0.39, 0.29) is 11.9 Å². The summed E-state index contributed by atoms with van der Waals surface area (Å²) in [6.45, 7) is 3.05. The summed E-state index contributed by atoms with van der Waals surface area (Å²) in [5.41, 5.74) is 2.22. The van der Waals surface area contributed by atoms with Crippen molar-refractivity contribution in [1.29, 1.82) is 0 Å². The van der Waals surface area contributed by atoms with Crippen molar-refractivity contribution in [2.75, 3.05) is 12.3 Å². The van der Waals surface area contributed by atoms with Crippen LogP contribution in [0.4, 0.5) is 0 Å². The summed E-state index contributed by atoms with van der Waals surface area (Å²) < 4.78 is 0. The molecule has 0 radical (unpaired) electrons. The number of thioether (sulfide) groups is 1. The second-order valence-corrected chi connectivity index (χ2v) is 7.32. The van der Waals surface area contributed by atoms with Gasteiger partial charge < -0.3 is 4.90 Å². The second kappa shape index (κ2) is 7.64. The van der Waals surface area contributed by atoms with Crippen LogP contribution in [-0.2, 0) is 11.2 Å². The highest BCUT2D eigenvalue weighted by molar-refractivity contribution is 8.00. The van der Waals surface area contributed by atoms with E-state index < -0.39 is 0 Å². The van der Waals surface area contributed by atoms with Gasteiger partial charge in [-0.3, -0.25) is 9.78 Å². The van der Waals surface area contributed by atoms with Gasteiger partial charge in [-0.2, -0.15) is 11.8 Å². The highest BCUT2D eigenvalue weighted by atomic mass is 32.2. The summed E-state index contributed by atoms with van der Waals surface area (Å²) in [6.07, 6.45) is 3.02. The van der Waals surface area contributed by atoms with E-state index in [4.69, 9.17) is 0 Å². The molecule has 2 aromatic rings. The van der Waals surface area contributed by atoms with Gasteiger partial charge >= 0.3 is 0 Å². The molecule has 120 valence electrons. The summed E-state index contributed by atoms with van der Waals surface area (Å²) in [7, 11) is 0. The predicted molar refractivity (Wildman–Crippen MR) is 95.4 cm³/mol. The fourth-order valence-electron chi connectivity index (χ4n) is 3.13. The first-order valence-corrected chi connectivity index (χ1v) is 9.16. The molecule has 1 fully saturated rings. The molecule has 0 unspecified atom stereocenters. The van der Waals surface area contributed by atoms with E-state index in [0.29, 0.717) is 18.1 Å². The minimum atomic E-state index is 0.172. The monoisotopic (exact) mass is 326 g/mol. The number of aryl methyl sites for hydroxylation is 1. The third kappa shape index (κ3) is 3.94. The standard InChI is InChI=1S/C19H22N2OS/c1-15-19(16-7-3-2-4-8-16)21(13-14-23-15)18(22)11-10-17-9-5-6-12-20-17/h2-9,12,15,19H,10-11,13-14H2,1H3/t15-,19+/m0/s1. The molecule has 1 aliphatic heterocycles. The number of pyridine rings is 1. The van der Waals surface area contributed by atoms with Crippen molar-refractivity contribution in [1.82, 2.24) is 9.88 Å². The van der Waals surface area contributed by atoms with Crippen molar-refractivity contribution in [3.8, 4) is 0 Å². The van der Waals surface area contributed by atoms with Gasteiger partial charge in [0, 0.05) is 35.9 Å². The largest absolute Gasteiger partial charge is 0.334 e. The summed E-state index contributed by atoms with van der Waals surface area (Å²) in [5.74, 6) is 1.25. The molecular weight excluding hydrogens is 304 g/mol. The van der Waals surface area contributed by atoms with Gasteiger partial charge in [0.25, 0.3) is 0 Å². The lowest BCUT2D eigenvalue weighted by Crippen LogP contribution is -2.44. The van der Waals surface area contributed by atoms with Gasteiger partial charge in [-0.05, 0) is 24.1 Å². The lowest BCUT2D eigenvalue weighted by molar-refractivity contribution is -0.133. The number of carbonyl (C=O) groups excluding carboxylic acids is 1. The molecule has 2 heterocycles. The molecule has 3 nitrogen and oxygen atoms in total. The van der Waals surface area contributed by atoms with Gasteiger partial charge in [-0.15, -0.1) is 0 Å². The van der Waals surface area contributed by atoms with Crippen molar-refractivity contribution in [3.05, 3.63) is 66.0 Å². The molecule has 1 aromatic heterocycles. The Hall–Kier alpha value is -1.81. The van der Waals surface area contributed by atoms with Crippen molar-refractivity contribution >= 4 is 17.7 Å². The van der Waals surface area contributed by atoms with E-state index in [0.717, 1.165) is 18.0 Å². The van der Waals surface area contributed by atoms with Crippen LogP contribution in [0.2, 0.25) is 0 Å². The average molecular weight is 326 g/mol. The molecule has 1 aliphatic rings. The summed E-state index contributed by atoms with van der Waals surface area (Å²) in [4.78, 5) is 19.2. The quantitative estimate of drug-likeness (QED) is 0.858. The molecule has 3 rings (SSSR count). The lowest BCUT2D eigenvalue weighted by atomic mass is 10.0. The summed E-state index contributed by atoms with van der Waals surface area (Å²) in [6, 6.07) is 16.4. The van der Waals surface area contributed by atoms with Crippen LogP contribution >= 0.6 is 11.8 Å². The smallest absolute Gasteiger partial charge is 0.223 e. The number of amides is 1. The Morgan fingerprint density at radius 3 is 2.74 bits per heavy atom. The maximum atomic E-state index is 12.8. The third-order valence-electron chi connectivity index (χ3n) is 4.28. The van der Waals surface area contributed by atoms with Gasteiger partial charge in [0.2, 0.25) is 5.91 Å². The van der Waals surface area contributed by atoms with Crippen molar-refractivity contribution < 1.29 is 4.79 Å². The van der Waals surface area contributed by atoms with Crippen LogP contribution in [0.3, 0.4) is 0 Å². The van der Waals surface area contributed by atoms with E-state index >= 15 is 0 Å². The number of benzene rings is 1. The van der Waals surface area contributed by atoms with Gasteiger partial charge in [-0.1, -0.05) is 43.3 Å². The van der Waals surface area contributed by atoms with E-state index in [1.54, 1.807) is 6.20 Å². The van der Waals surface area contributed by atoms with Crippen LogP contribution < -0.4 is 0 Å². The molecule has 1 saturated heterocycles. The Bertz CT molecular complexity index is 632. The molecule has 23 heavy (non-hydrogen) atoms. The number of rotatable bonds is 4. The fourth-order valence-corrected chi connectivity index (χ4v) is 4.29. The molecule has 0 bridgehead atoms. The van der Waals surface area contributed by atoms with Crippen molar-refractivity contribution in [3.63, 3.8) is 0 Å². The van der Waals surface area contributed by atoms with Gasteiger partial charge in [0.15, 0.2) is 0 Å². The van der Waals surface area contributed by atoms with E-state index in [9.17, 15) is 4.79 Å². The number of hydrogen-bond acceptors (Lipinski definition) is 3. The molecule has 0 spiro atoms. The Morgan fingerprint density at radius 2 is 2.00 bits per heavy atom. The zero-order chi connectivity index (χ0) is 16.1. The van der Waals surface area contributed by atoms with Crippen LogP contribution in [0.1, 0.15) is 30.6 Å². The molecule has 0 N–H and O–H groups in total. The van der Waals surface area contributed by atoms with E-state index in [1.807, 2.05) is 36.0 Å². The van der Waals surface area contributed by atoms with Crippen LogP contribution in [0.15, 0.2) is 54.7 Å². The Balaban J connectivity index is 1.72. The van der Waals surface area contributed by atoms with Gasteiger partial charge in [-0.25, -0.2) is 0 Å². The molecular formula is C19H22N2OS. The minimum Gasteiger partial charge on any atom is -0.334 e. The lowest BCUT2D eigenvalue weighted by Gasteiger charge is -2.40. The highest BCUT2D eigenvalue weighted by Gasteiger charge is 2.33. The topological polar surface area (TPSA) is 33.2 Å². The zero-order valence-corrected chi connectivity index (χ0v) is 14.2. The Labute approximate surface area is 142 Å². The SMILES string of the molecule is C[C@@H]1SCCN(C(=O)CCc2ccccn2)[C@H]1c1ccccc1. The Morgan fingerprint density at radius 1 is 1.22 bits per heavy atom. The highest BCUT2D eigenvalue weighted by Crippen LogP contribution is 2.36. The van der Waals surface area contributed by atoms with Crippen molar-refractivity contribution in [2.24, 2.45) is 0 Å². The average Bonchev–Trinajstić information content (AvgIpc) is 2.61. The summed E-state index contributed by atoms with van der Waals surface area (Å²) >= 11 is 1.95. The molecule has 0 aliphatic carbocycles. The second-order valence-electron chi connectivity index (χ2n) is 5.84. The molecule has 1 aromatic carbocycles. The maximum Gasteiger partial charge on any atom is 0.223 e. The van der Waals surface area contributed by atoms with Gasteiger partial charge in [0.1, 0.15) is 0 Å². The number of hydrogen-bond donors (Lipinski definition) is 0. The van der Waals surface area contributed by atoms with Crippen LogP contribution in [0.5, 0.6) is 0 Å². The van der Waals surface area contributed by atoms with Gasteiger partial charge in [0.05, 0.1) is 6.04 Å². The first-order chi connectivity index (χ1) is 11.3. The van der Waals surface area contributed by atoms with E-state index in [1.165, 1.54) is 5.56 Å². The van der Waals surface area contributed by atoms with Crippen LogP contribution in [-0.4, -0.2) is 33.3 Å². The minimum absolute atomic E-state index is 0.172. The fraction of sp³-hybridized carbons (Fsp3) is 0.368. The number of nitrogens with zero attached hydrogens (tertiary/aromatic N) is 2. The molecule has 1 amide bonds. The number of carbonyl (C=O) groups is 1. The molecule has 2 atom stereocenters. The van der Waals surface area contributed by atoms with Crippen LogP contribution in [0, 0.1) is 0 Å². The number of aromatic nitrogens is 1. The third-order valence-corrected chi connectivity index (χ3v) is 5.48. The molecule has 0 saturated carbocycles. The van der Waals surface area contributed by atoms with E-state index in [2.05, 4.69) is 41.1 Å². The maximum absolute atomic E-state index is 12.8.